The van der Waals surface area contributed by atoms with Crippen LogP contribution in [0.2, 0.25) is 0 Å². The molecule has 0 bridgehead atoms. The molecule has 2 aromatic carbocycles. The summed E-state index contributed by atoms with van der Waals surface area (Å²) >= 11 is 0. The van der Waals surface area contributed by atoms with E-state index in [0.717, 1.165) is 17.7 Å². The molecule has 0 aliphatic carbocycles. The highest BCUT2D eigenvalue weighted by Crippen LogP contribution is 2.37. The molecule has 1 heterocycles. The van der Waals surface area contributed by atoms with Gasteiger partial charge in [-0.25, -0.2) is 0 Å². The number of alkyl halides is 3. The van der Waals surface area contributed by atoms with Crippen LogP contribution in [-0.4, -0.2) is 6.54 Å². The molecule has 1 atom stereocenters. The van der Waals surface area contributed by atoms with Gasteiger partial charge in [0.05, 0.1) is 23.0 Å². The van der Waals surface area contributed by atoms with Crippen molar-refractivity contribution in [3.05, 3.63) is 59.7 Å². The molecule has 20 heavy (non-hydrogen) atoms. The fourth-order valence-corrected chi connectivity index (χ4v) is 2.33. The zero-order valence-electron chi connectivity index (χ0n) is 10.5. The lowest BCUT2D eigenvalue weighted by Gasteiger charge is -2.29. The van der Waals surface area contributed by atoms with Gasteiger partial charge in [0.15, 0.2) is 0 Å². The van der Waals surface area contributed by atoms with E-state index in [1.807, 2.05) is 30.3 Å². The van der Waals surface area contributed by atoms with Crippen LogP contribution in [0.1, 0.15) is 17.2 Å². The molecule has 0 radical (unpaired) electrons. The van der Waals surface area contributed by atoms with E-state index in [0.29, 0.717) is 17.9 Å². The third-order valence-electron chi connectivity index (χ3n) is 3.38. The third-order valence-corrected chi connectivity index (χ3v) is 3.38. The van der Waals surface area contributed by atoms with Crippen LogP contribution in [0, 0.1) is 0 Å². The first kappa shape index (κ1) is 12.8. The van der Waals surface area contributed by atoms with E-state index in [4.69, 9.17) is 0 Å². The Hall–Kier alpha value is -2.17. The van der Waals surface area contributed by atoms with Gasteiger partial charge in [-0.2, -0.15) is 13.2 Å². The fraction of sp³-hybridized carbons (Fsp3) is 0.200. The number of benzene rings is 2. The fourth-order valence-electron chi connectivity index (χ4n) is 2.33. The van der Waals surface area contributed by atoms with Crippen LogP contribution in [0.5, 0.6) is 0 Å². The minimum atomic E-state index is -4.31. The summed E-state index contributed by atoms with van der Waals surface area (Å²) in [5.41, 5.74) is 1.65. The minimum absolute atomic E-state index is 0.0560. The van der Waals surface area contributed by atoms with Gasteiger partial charge in [0.2, 0.25) is 0 Å². The Labute approximate surface area is 114 Å². The molecule has 0 amide bonds. The Bertz CT molecular complexity index is 608. The summed E-state index contributed by atoms with van der Waals surface area (Å²) < 4.78 is 38.0. The minimum Gasteiger partial charge on any atom is -0.381 e. The van der Waals surface area contributed by atoms with Crippen molar-refractivity contribution in [1.82, 2.24) is 0 Å². The topological polar surface area (TPSA) is 24.1 Å². The summed E-state index contributed by atoms with van der Waals surface area (Å²) in [5, 5.41) is 6.32. The zero-order chi connectivity index (χ0) is 14.2. The van der Waals surface area contributed by atoms with Crippen molar-refractivity contribution in [1.29, 1.82) is 0 Å². The van der Waals surface area contributed by atoms with Crippen LogP contribution in [0.25, 0.3) is 0 Å². The van der Waals surface area contributed by atoms with Gasteiger partial charge in [-0.05, 0) is 23.8 Å². The molecule has 0 saturated carbocycles. The van der Waals surface area contributed by atoms with E-state index < -0.39 is 11.7 Å². The number of anilines is 2. The molecule has 0 aromatic heterocycles. The molecule has 104 valence electrons. The van der Waals surface area contributed by atoms with E-state index in [9.17, 15) is 13.2 Å². The number of hydrogen-bond donors (Lipinski definition) is 2. The molecule has 2 aromatic rings. The lowest BCUT2D eigenvalue weighted by Crippen LogP contribution is -2.26. The lowest BCUT2D eigenvalue weighted by molar-refractivity contribution is -0.137. The van der Waals surface area contributed by atoms with Crippen LogP contribution < -0.4 is 10.6 Å². The first-order valence-electron chi connectivity index (χ1n) is 6.30. The van der Waals surface area contributed by atoms with Gasteiger partial charge >= 0.3 is 6.18 Å². The smallest absolute Gasteiger partial charge is 0.381 e. The molecule has 1 aliphatic heterocycles. The molecule has 2 N–H and O–H groups in total. The van der Waals surface area contributed by atoms with Gasteiger partial charge in [0.1, 0.15) is 0 Å². The summed E-state index contributed by atoms with van der Waals surface area (Å²) in [6.45, 7) is 0.554. The van der Waals surface area contributed by atoms with E-state index in [2.05, 4.69) is 10.6 Å². The Balaban J connectivity index is 1.86. The van der Waals surface area contributed by atoms with Crippen molar-refractivity contribution in [3.8, 4) is 0 Å². The molecule has 2 nitrogen and oxygen atoms in total. The summed E-state index contributed by atoms with van der Waals surface area (Å²) in [7, 11) is 0. The molecule has 0 fully saturated rings. The highest BCUT2D eigenvalue weighted by Gasteiger charge is 2.31. The van der Waals surface area contributed by atoms with Crippen LogP contribution in [-0.2, 0) is 6.18 Å². The van der Waals surface area contributed by atoms with Crippen molar-refractivity contribution >= 4 is 11.4 Å². The van der Waals surface area contributed by atoms with Crippen LogP contribution in [0.3, 0.4) is 0 Å². The maximum absolute atomic E-state index is 12.7. The molecule has 5 heteroatoms. The molecule has 0 spiro atoms. The van der Waals surface area contributed by atoms with Gasteiger partial charge in [0.25, 0.3) is 0 Å². The SMILES string of the molecule is FC(F)(F)c1ccc2c(c1)NCC(c1ccccc1)N2. The largest absolute Gasteiger partial charge is 0.416 e. The first-order valence-corrected chi connectivity index (χ1v) is 6.30. The van der Waals surface area contributed by atoms with Gasteiger partial charge in [-0.1, -0.05) is 30.3 Å². The Morgan fingerprint density at radius 2 is 1.70 bits per heavy atom. The second-order valence-electron chi connectivity index (χ2n) is 4.75. The van der Waals surface area contributed by atoms with Gasteiger partial charge in [-0.15, -0.1) is 0 Å². The third kappa shape index (κ3) is 2.43. The number of rotatable bonds is 1. The van der Waals surface area contributed by atoms with E-state index in [1.165, 1.54) is 6.07 Å². The predicted octanol–water partition coefficient (Wildman–Crippen LogP) is 4.28. The standard InChI is InChI=1S/C15H13F3N2/c16-15(17,18)11-6-7-12-13(8-11)19-9-14(20-12)10-4-2-1-3-5-10/h1-8,14,19-20H,9H2. The molecule has 3 rings (SSSR count). The van der Waals surface area contributed by atoms with Crippen molar-refractivity contribution in [3.63, 3.8) is 0 Å². The molecular weight excluding hydrogens is 265 g/mol. The van der Waals surface area contributed by atoms with Crippen LogP contribution in [0.4, 0.5) is 24.5 Å². The van der Waals surface area contributed by atoms with E-state index >= 15 is 0 Å². The molecular formula is C15H13F3N2. The maximum Gasteiger partial charge on any atom is 0.416 e. The van der Waals surface area contributed by atoms with Crippen LogP contribution in [0.15, 0.2) is 48.5 Å². The Morgan fingerprint density at radius 3 is 2.40 bits per heavy atom. The van der Waals surface area contributed by atoms with Crippen molar-refractivity contribution in [2.24, 2.45) is 0 Å². The highest BCUT2D eigenvalue weighted by atomic mass is 19.4. The molecule has 1 unspecified atom stereocenters. The number of hydrogen-bond acceptors (Lipinski definition) is 2. The molecule has 1 aliphatic rings. The summed E-state index contributed by atoms with van der Waals surface area (Å²) in [6, 6.07) is 13.6. The quantitative estimate of drug-likeness (QED) is 0.813. The van der Waals surface area contributed by atoms with E-state index in [1.54, 1.807) is 0 Å². The monoisotopic (exact) mass is 278 g/mol. The highest BCUT2D eigenvalue weighted by molar-refractivity contribution is 5.72. The van der Waals surface area contributed by atoms with Crippen molar-refractivity contribution in [2.75, 3.05) is 17.2 Å². The van der Waals surface area contributed by atoms with E-state index in [-0.39, 0.29) is 6.04 Å². The van der Waals surface area contributed by atoms with Gasteiger partial charge in [-0.3, -0.25) is 0 Å². The lowest BCUT2D eigenvalue weighted by atomic mass is 10.0. The number of halogens is 3. The average Bonchev–Trinajstić information content (AvgIpc) is 2.46. The number of fused-ring (bicyclic) bond motifs is 1. The predicted molar refractivity (Wildman–Crippen MR) is 72.7 cm³/mol. The Kier molecular flexibility index (Phi) is 3.04. The summed E-state index contributed by atoms with van der Waals surface area (Å²) in [6.07, 6.45) is -4.31. The maximum atomic E-state index is 12.7. The molecule has 0 saturated heterocycles. The second-order valence-corrected chi connectivity index (χ2v) is 4.75. The van der Waals surface area contributed by atoms with Gasteiger partial charge < -0.3 is 10.6 Å². The van der Waals surface area contributed by atoms with Crippen molar-refractivity contribution < 1.29 is 13.2 Å². The zero-order valence-corrected chi connectivity index (χ0v) is 10.5. The average molecular weight is 278 g/mol. The first-order chi connectivity index (χ1) is 9.54. The van der Waals surface area contributed by atoms with Gasteiger partial charge in [0, 0.05) is 6.54 Å². The Morgan fingerprint density at radius 1 is 0.950 bits per heavy atom. The summed E-state index contributed by atoms with van der Waals surface area (Å²) in [5.74, 6) is 0. The second kappa shape index (κ2) is 4.74. The van der Waals surface area contributed by atoms with Crippen molar-refractivity contribution in [2.45, 2.75) is 12.2 Å². The van der Waals surface area contributed by atoms with Crippen LogP contribution >= 0.6 is 0 Å². The summed E-state index contributed by atoms with van der Waals surface area (Å²) in [4.78, 5) is 0. The number of nitrogens with one attached hydrogen (secondary N) is 2. The normalized spacial score (nSPS) is 17.9.